The number of nitrogens with zero attached hydrogens (tertiary/aromatic N) is 1. The van der Waals surface area contributed by atoms with Crippen molar-refractivity contribution in [3.63, 3.8) is 0 Å². The van der Waals surface area contributed by atoms with E-state index in [1.54, 1.807) is 0 Å². The molecule has 0 aromatic rings. The fourth-order valence-corrected chi connectivity index (χ4v) is 0.359. The minimum Gasteiger partial charge on any atom is -1.00 e. The van der Waals surface area contributed by atoms with Crippen molar-refractivity contribution in [2.24, 2.45) is 0 Å². The molecule has 54 valence electrons. The topological polar surface area (TPSA) is 0 Å². The minimum absolute atomic E-state index is 0. The third-order valence-corrected chi connectivity index (χ3v) is 1.38. The normalized spacial score (nSPS) is 9.56. The zero-order chi connectivity index (χ0) is 6.62. The first-order valence-corrected chi connectivity index (χ1v) is 2.88. The van der Waals surface area contributed by atoms with Gasteiger partial charge >= 0.3 is 0 Å². The van der Waals surface area contributed by atoms with Gasteiger partial charge in [0.1, 0.15) is 6.54 Å². The molecule has 0 spiro atoms. The lowest BCUT2D eigenvalue weighted by molar-refractivity contribution is -0.881. The molecule has 0 aromatic carbocycles. The molecule has 0 radical (unpaired) electrons. The maximum atomic E-state index is 5.12. The Morgan fingerprint density at radius 2 is 1.89 bits per heavy atom. The van der Waals surface area contributed by atoms with Gasteiger partial charge in [-0.3, -0.25) is 0 Å². The highest BCUT2D eigenvalue weighted by Gasteiger charge is 2.06. The molecule has 0 fully saturated rings. The molecule has 0 aliphatic heterocycles. The molecule has 0 saturated heterocycles. The number of rotatable bonds is 2. The molecular formula is C7H14IN. The number of terminal acetylenes is 1. The third-order valence-electron chi connectivity index (χ3n) is 1.38. The van der Waals surface area contributed by atoms with E-state index in [-0.39, 0.29) is 24.0 Å². The summed E-state index contributed by atoms with van der Waals surface area (Å²) in [6, 6.07) is 0. The summed E-state index contributed by atoms with van der Waals surface area (Å²) in [6.07, 6.45) is 5.12. The van der Waals surface area contributed by atoms with E-state index >= 15 is 0 Å². The molecule has 0 aliphatic carbocycles. The van der Waals surface area contributed by atoms with Crippen molar-refractivity contribution < 1.29 is 28.5 Å². The molecule has 0 aliphatic rings. The highest BCUT2D eigenvalue weighted by Crippen LogP contribution is 1.91. The lowest BCUT2D eigenvalue weighted by atomic mass is 10.4. The van der Waals surface area contributed by atoms with Crippen LogP contribution >= 0.6 is 0 Å². The fourth-order valence-electron chi connectivity index (χ4n) is 0.359. The fraction of sp³-hybridized carbons (Fsp3) is 0.714. The molecule has 9 heavy (non-hydrogen) atoms. The van der Waals surface area contributed by atoms with Crippen LogP contribution in [-0.4, -0.2) is 31.7 Å². The van der Waals surface area contributed by atoms with Gasteiger partial charge in [-0.2, -0.15) is 0 Å². The van der Waals surface area contributed by atoms with E-state index in [9.17, 15) is 0 Å². The average molecular weight is 239 g/mol. The summed E-state index contributed by atoms with van der Waals surface area (Å²) in [5, 5.41) is 0. The van der Waals surface area contributed by atoms with Crippen molar-refractivity contribution in [2.45, 2.75) is 6.92 Å². The van der Waals surface area contributed by atoms with Gasteiger partial charge in [-0.25, -0.2) is 0 Å². The second kappa shape index (κ2) is 5.07. The van der Waals surface area contributed by atoms with Crippen molar-refractivity contribution in [3.8, 4) is 12.3 Å². The second-order valence-corrected chi connectivity index (χ2v) is 2.61. The van der Waals surface area contributed by atoms with Crippen molar-refractivity contribution in [1.29, 1.82) is 0 Å². The molecule has 2 heteroatoms. The summed E-state index contributed by atoms with van der Waals surface area (Å²) >= 11 is 0. The van der Waals surface area contributed by atoms with E-state index < -0.39 is 0 Å². The summed E-state index contributed by atoms with van der Waals surface area (Å²) in [7, 11) is 4.25. The van der Waals surface area contributed by atoms with Crippen LogP contribution in [0, 0.1) is 12.3 Å². The largest absolute Gasteiger partial charge is 1.00 e. The summed E-state index contributed by atoms with van der Waals surface area (Å²) in [6.45, 7) is 4.07. The van der Waals surface area contributed by atoms with Crippen LogP contribution in [0.5, 0.6) is 0 Å². The van der Waals surface area contributed by atoms with Crippen LogP contribution in [0.3, 0.4) is 0 Å². The first kappa shape index (κ1) is 12.0. The Kier molecular flexibility index (Phi) is 6.74. The van der Waals surface area contributed by atoms with Gasteiger partial charge in [-0.15, -0.1) is 6.42 Å². The molecule has 0 heterocycles. The lowest BCUT2D eigenvalue weighted by Crippen LogP contribution is -3.00. The molecule has 1 nitrogen and oxygen atoms in total. The van der Waals surface area contributed by atoms with Crippen molar-refractivity contribution in [2.75, 3.05) is 27.2 Å². The monoisotopic (exact) mass is 239 g/mol. The molecule has 0 rings (SSSR count). The van der Waals surface area contributed by atoms with Gasteiger partial charge in [-0.1, -0.05) is 0 Å². The summed E-state index contributed by atoms with van der Waals surface area (Å²) in [4.78, 5) is 0. The number of hydrogen-bond donors (Lipinski definition) is 0. The predicted octanol–water partition coefficient (Wildman–Crippen LogP) is -2.28. The molecule has 0 aromatic heterocycles. The Hall–Kier alpha value is 0.250. The van der Waals surface area contributed by atoms with Gasteiger partial charge in [0, 0.05) is 0 Å². The maximum Gasteiger partial charge on any atom is 0.140 e. The standard InChI is InChI=1S/C7H14N.HI/c1-5-7-8(3,4)6-2;/h1H,6-7H2,2-4H3;1H/q+1;/p-1. The third kappa shape index (κ3) is 6.13. The Bertz CT molecular complexity index is 102. The van der Waals surface area contributed by atoms with E-state index in [1.807, 2.05) is 0 Å². The van der Waals surface area contributed by atoms with E-state index in [2.05, 4.69) is 26.9 Å². The predicted molar refractivity (Wildman–Crippen MR) is 36.3 cm³/mol. The van der Waals surface area contributed by atoms with Crippen LogP contribution in [0.1, 0.15) is 6.92 Å². The molecule has 0 unspecified atom stereocenters. The van der Waals surface area contributed by atoms with Crippen LogP contribution in [0.15, 0.2) is 0 Å². The zero-order valence-electron chi connectivity index (χ0n) is 6.32. The second-order valence-electron chi connectivity index (χ2n) is 2.61. The van der Waals surface area contributed by atoms with Gasteiger partial charge in [0.2, 0.25) is 0 Å². The quantitative estimate of drug-likeness (QED) is 0.289. The van der Waals surface area contributed by atoms with Gasteiger partial charge in [0.25, 0.3) is 0 Å². The Morgan fingerprint density at radius 3 is 2.00 bits per heavy atom. The van der Waals surface area contributed by atoms with E-state index in [1.165, 1.54) is 0 Å². The first-order valence-electron chi connectivity index (χ1n) is 2.88. The van der Waals surface area contributed by atoms with Crippen molar-refractivity contribution in [1.82, 2.24) is 0 Å². The van der Waals surface area contributed by atoms with E-state index in [0.29, 0.717) is 0 Å². The molecule has 0 N–H and O–H groups in total. The van der Waals surface area contributed by atoms with Crippen LogP contribution in [-0.2, 0) is 0 Å². The minimum atomic E-state index is 0. The van der Waals surface area contributed by atoms with Crippen molar-refractivity contribution >= 4 is 0 Å². The van der Waals surface area contributed by atoms with Crippen LogP contribution in [0.25, 0.3) is 0 Å². The molecule has 0 atom stereocenters. The van der Waals surface area contributed by atoms with Gasteiger partial charge in [0.15, 0.2) is 0 Å². The van der Waals surface area contributed by atoms with Crippen LogP contribution < -0.4 is 24.0 Å². The smallest absolute Gasteiger partial charge is 0.140 e. The van der Waals surface area contributed by atoms with Gasteiger partial charge in [0.05, 0.1) is 20.6 Å². The number of hydrogen-bond acceptors (Lipinski definition) is 0. The lowest BCUT2D eigenvalue weighted by Gasteiger charge is -2.24. The van der Waals surface area contributed by atoms with Gasteiger partial charge in [-0.05, 0) is 12.8 Å². The Morgan fingerprint density at radius 1 is 1.44 bits per heavy atom. The number of quaternary nitrogens is 1. The van der Waals surface area contributed by atoms with Crippen molar-refractivity contribution in [3.05, 3.63) is 0 Å². The SMILES string of the molecule is C#CC[N+](C)(C)CC.[I-]. The molecule has 0 bridgehead atoms. The van der Waals surface area contributed by atoms with Gasteiger partial charge < -0.3 is 28.5 Å². The molecule has 0 amide bonds. The summed E-state index contributed by atoms with van der Waals surface area (Å²) < 4.78 is 0.927. The Balaban J connectivity index is 0. The number of halogens is 1. The summed E-state index contributed by atoms with van der Waals surface area (Å²) in [5.41, 5.74) is 0. The van der Waals surface area contributed by atoms with E-state index in [4.69, 9.17) is 6.42 Å². The highest BCUT2D eigenvalue weighted by atomic mass is 127. The van der Waals surface area contributed by atoms with Crippen LogP contribution in [0.2, 0.25) is 0 Å². The van der Waals surface area contributed by atoms with Crippen LogP contribution in [0.4, 0.5) is 0 Å². The average Bonchev–Trinajstić information content (AvgIpc) is 1.67. The molecular weight excluding hydrogens is 225 g/mol. The Labute approximate surface area is 75.0 Å². The first-order chi connectivity index (χ1) is 3.62. The summed E-state index contributed by atoms with van der Waals surface area (Å²) in [5.74, 6) is 2.63. The highest BCUT2D eigenvalue weighted by molar-refractivity contribution is 4.82. The molecule has 0 saturated carbocycles. The zero-order valence-corrected chi connectivity index (χ0v) is 8.47. The van der Waals surface area contributed by atoms with E-state index in [0.717, 1.165) is 17.6 Å². The maximum absolute atomic E-state index is 5.12.